The molecule has 0 atom stereocenters. The van der Waals surface area contributed by atoms with Gasteiger partial charge in [-0.05, 0) is 49.9 Å². The number of aldehydes is 1. The number of nitrogens with one attached hydrogen (secondary N) is 1. The summed E-state index contributed by atoms with van der Waals surface area (Å²) in [7, 11) is 0. The van der Waals surface area contributed by atoms with Crippen LogP contribution in [0.15, 0.2) is 47.0 Å². The topological polar surface area (TPSA) is 87.9 Å². The quantitative estimate of drug-likeness (QED) is 0.478. The van der Waals surface area contributed by atoms with E-state index in [1.807, 2.05) is 36.4 Å². The highest BCUT2D eigenvalue weighted by molar-refractivity contribution is 5.86. The van der Waals surface area contributed by atoms with Crippen LogP contribution in [0.2, 0.25) is 0 Å². The normalized spacial score (nSPS) is 17.4. The summed E-state index contributed by atoms with van der Waals surface area (Å²) in [6, 6.07) is 13.9. The van der Waals surface area contributed by atoms with Crippen LogP contribution in [0.3, 0.4) is 0 Å². The zero-order valence-electron chi connectivity index (χ0n) is 17.1. The van der Waals surface area contributed by atoms with Gasteiger partial charge in [0, 0.05) is 41.7 Å². The number of H-pyrrole nitrogens is 1. The number of nitrogens with zero attached hydrogens (tertiary/aromatic N) is 4. The molecule has 2 fully saturated rings. The lowest BCUT2D eigenvalue weighted by Gasteiger charge is -2.33. The SMILES string of the molecule is O=Cc1ccc(-c2noc(C3CC3)n2)cc1N1CCC(c2nc3ccccc3[nH]2)CC1. The number of hydrogen-bond acceptors (Lipinski definition) is 6. The number of anilines is 1. The number of fused-ring (bicyclic) bond motifs is 1. The molecule has 1 aliphatic carbocycles. The minimum absolute atomic E-state index is 0.393. The summed E-state index contributed by atoms with van der Waals surface area (Å²) in [5.74, 6) is 3.20. The van der Waals surface area contributed by atoms with E-state index in [9.17, 15) is 4.79 Å². The van der Waals surface area contributed by atoms with Crippen molar-refractivity contribution >= 4 is 23.0 Å². The molecule has 0 bridgehead atoms. The van der Waals surface area contributed by atoms with Gasteiger partial charge in [-0.3, -0.25) is 4.79 Å². The summed E-state index contributed by atoms with van der Waals surface area (Å²) in [6.07, 6.45) is 5.14. The van der Waals surface area contributed by atoms with Crippen molar-refractivity contribution < 1.29 is 9.32 Å². The van der Waals surface area contributed by atoms with Crippen LogP contribution in [0.4, 0.5) is 5.69 Å². The van der Waals surface area contributed by atoms with E-state index in [2.05, 4.69) is 26.1 Å². The van der Waals surface area contributed by atoms with Crippen LogP contribution in [0, 0.1) is 0 Å². The minimum Gasteiger partial charge on any atom is -0.371 e. The fourth-order valence-electron chi connectivity index (χ4n) is 4.46. The lowest BCUT2D eigenvalue weighted by atomic mass is 9.95. The maximum atomic E-state index is 11.7. The molecule has 3 heterocycles. The number of imidazole rings is 1. The molecule has 7 heteroatoms. The first kappa shape index (κ1) is 18.3. The third-order valence-corrected chi connectivity index (χ3v) is 6.41. The van der Waals surface area contributed by atoms with Gasteiger partial charge >= 0.3 is 0 Å². The largest absolute Gasteiger partial charge is 0.371 e. The van der Waals surface area contributed by atoms with E-state index in [1.165, 1.54) is 0 Å². The van der Waals surface area contributed by atoms with Gasteiger partial charge in [-0.2, -0.15) is 4.98 Å². The Bertz CT molecular complexity index is 1210. The minimum atomic E-state index is 0.393. The first-order valence-electron chi connectivity index (χ1n) is 10.9. The van der Waals surface area contributed by atoms with Crippen molar-refractivity contribution in [1.82, 2.24) is 20.1 Å². The zero-order chi connectivity index (χ0) is 20.8. The van der Waals surface area contributed by atoms with Crippen molar-refractivity contribution in [1.29, 1.82) is 0 Å². The highest BCUT2D eigenvalue weighted by atomic mass is 16.5. The summed E-state index contributed by atoms with van der Waals surface area (Å²) in [5.41, 5.74) is 4.61. The number of benzene rings is 2. The van der Waals surface area contributed by atoms with Crippen molar-refractivity contribution in [2.24, 2.45) is 0 Å². The first-order chi connectivity index (χ1) is 15.3. The predicted molar refractivity (Wildman–Crippen MR) is 117 cm³/mol. The van der Waals surface area contributed by atoms with Gasteiger partial charge in [-0.1, -0.05) is 23.4 Å². The Balaban J connectivity index is 1.23. The standard InChI is InChI=1S/C24H23N5O2/c30-14-18-8-7-17(23-27-24(31-28-23)16-5-6-16)13-21(18)29-11-9-15(10-12-29)22-25-19-3-1-2-4-20(19)26-22/h1-4,7-8,13-16H,5-6,9-12H2,(H,25,26). The number of carbonyl (C=O) groups excluding carboxylic acids is 1. The fraction of sp³-hybridized carbons (Fsp3) is 0.333. The summed E-state index contributed by atoms with van der Waals surface area (Å²) in [5, 5.41) is 4.16. The average Bonchev–Trinajstić information content (AvgIpc) is 3.39. The Kier molecular flexibility index (Phi) is 4.33. The number of para-hydroxylation sites is 2. The van der Waals surface area contributed by atoms with Gasteiger partial charge < -0.3 is 14.4 Å². The number of carbonyl (C=O) groups is 1. The molecular weight excluding hydrogens is 390 g/mol. The molecule has 31 heavy (non-hydrogen) atoms. The molecule has 1 N–H and O–H groups in total. The number of hydrogen-bond donors (Lipinski definition) is 1. The molecule has 2 aromatic heterocycles. The molecule has 0 radical (unpaired) electrons. The predicted octanol–water partition coefficient (Wildman–Crippen LogP) is 4.69. The monoisotopic (exact) mass is 413 g/mol. The van der Waals surface area contributed by atoms with E-state index in [0.717, 1.165) is 79.1 Å². The number of aromatic amines is 1. The Labute approximate surface area is 179 Å². The molecule has 0 unspecified atom stereocenters. The molecule has 0 spiro atoms. The van der Waals surface area contributed by atoms with Crippen molar-refractivity contribution in [2.75, 3.05) is 18.0 Å². The van der Waals surface area contributed by atoms with Crippen LogP contribution < -0.4 is 4.90 Å². The van der Waals surface area contributed by atoms with E-state index in [4.69, 9.17) is 9.51 Å². The number of aromatic nitrogens is 4. The smallest absolute Gasteiger partial charge is 0.230 e. The van der Waals surface area contributed by atoms with E-state index < -0.39 is 0 Å². The second-order valence-corrected chi connectivity index (χ2v) is 8.52. The van der Waals surface area contributed by atoms with Gasteiger partial charge in [-0.15, -0.1) is 0 Å². The molecule has 6 rings (SSSR count). The molecule has 2 aliphatic rings. The Hall–Kier alpha value is -3.48. The summed E-state index contributed by atoms with van der Waals surface area (Å²) in [4.78, 5) is 26.8. The van der Waals surface area contributed by atoms with Gasteiger partial charge in [0.1, 0.15) is 5.82 Å². The van der Waals surface area contributed by atoms with Gasteiger partial charge in [0.2, 0.25) is 11.7 Å². The lowest BCUT2D eigenvalue weighted by molar-refractivity contribution is 0.112. The molecule has 1 saturated heterocycles. The van der Waals surface area contributed by atoms with E-state index in [0.29, 0.717) is 23.2 Å². The van der Waals surface area contributed by atoms with E-state index in [-0.39, 0.29) is 0 Å². The van der Waals surface area contributed by atoms with Crippen molar-refractivity contribution in [3.8, 4) is 11.4 Å². The molecular formula is C24H23N5O2. The van der Waals surface area contributed by atoms with Crippen LogP contribution in [0.5, 0.6) is 0 Å². The van der Waals surface area contributed by atoms with Crippen molar-refractivity contribution in [3.05, 3.63) is 59.7 Å². The van der Waals surface area contributed by atoms with Crippen LogP contribution >= 0.6 is 0 Å². The maximum Gasteiger partial charge on any atom is 0.230 e. The summed E-state index contributed by atoms with van der Waals surface area (Å²) < 4.78 is 5.42. The Morgan fingerprint density at radius 1 is 1.00 bits per heavy atom. The average molecular weight is 413 g/mol. The van der Waals surface area contributed by atoms with Gasteiger partial charge in [0.05, 0.1) is 11.0 Å². The lowest BCUT2D eigenvalue weighted by Crippen LogP contribution is -2.33. The summed E-state index contributed by atoms with van der Waals surface area (Å²) >= 11 is 0. The molecule has 156 valence electrons. The van der Waals surface area contributed by atoms with Crippen molar-refractivity contribution in [2.45, 2.75) is 37.5 Å². The molecule has 2 aromatic carbocycles. The third-order valence-electron chi connectivity index (χ3n) is 6.41. The van der Waals surface area contributed by atoms with Crippen LogP contribution in [0.25, 0.3) is 22.4 Å². The maximum absolute atomic E-state index is 11.7. The van der Waals surface area contributed by atoms with Gasteiger partial charge in [-0.25, -0.2) is 4.98 Å². The Morgan fingerprint density at radius 3 is 2.61 bits per heavy atom. The fourth-order valence-corrected chi connectivity index (χ4v) is 4.46. The number of rotatable bonds is 5. The second-order valence-electron chi connectivity index (χ2n) is 8.52. The molecule has 1 saturated carbocycles. The van der Waals surface area contributed by atoms with Crippen molar-refractivity contribution in [3.63, 3.8) is 0 Å². The van der Waals surface area contributed by atoms with Crippen LogP contribution in [-0.4, -0.2) is 39.5 Å². The van der Waals surface area contributed by atoms with E-state index >= 15 is 0 Å². The van der Waals surface area contributed by atoms with Gasteiger partial charge in [0.15, 0.2) is 6.29 Å². The highest BCUT2D eigenvalue weighted by Gasteiger charge is 2.30. The van der Waals surface area contributed by atoms with Crippen LogP contribution in [0.1, 0.15) is 59.6 Å². The van der Waals surface area contributed by atoms with Gasteiger partial charge in [0.25, 0.3) is 0 Å². The zero-order valence-corrected chi connectivity index (χ0v) is 17.1. The molecule has 1 aliphatic heterocycles. The molecule has 0 amide bonds. The molecule has 7 nitrogen and oxygen atoms in total. The van der Waals surface area contributed by atoms with E-state index in [1.54, 1.807) is 0 Å². The Morgan fingerprint density at radius 2 is 1.84 bits per heavy atom. The first-order valence-corrected chi connectivity index (χ1v) is 10.9. The third kappa shape index (κ3) is 3.40. The molecule has 4 aromatic rings. The highest BCUT2D eigenvalue weighted by Crippen LogP contribution is 2.40. The second kappa shape index (κ2) is 7.34. The van der Waals surface area contributed by atoms with Crippen LogP contribution in [-0.2, 0) is 0 Å². The number of piperidine rings is 1. The summed E-state index contributed by atoms with van der Waals surface area (Å²) in [6.45, 7) is 1.73.